The lowest BCUT2D eigenvalue weighted by Crippen LogP contribution is -2.19. The van der Waals surface area contributed by atoms with E-state index in [-0.39, 0.29) is 0 Å². The van der Waals surface area contributed by atoms with Crippen LogP contribution in [-0.4, -0.2) is 24.2 Å². The van der Waals surface area contributed by atoms with Crippen LogP contribution in [0, 0.1) is 6.92 Å². The Morgan fingerprint density at radius 2 is 2.22 bits per heavy atom. The fourth-order valence-corrected chi connectivity index (χ4v) is 2.87. The molecule has 1 aromatic heterocycles. The van der Waals surface area contributed by atoms with Crippen LogP contribution >= 0.6 is 11.3 Å². The van der Waals surface area contributed by atoms with Crippen molar-refractivity contribution < 1.29 is 4.74 Å². The van der Waals surface area contributed by atoms with E-state index in [1.54, 1.807) is 11.3 Å². The first kappa shape index (κ1) is 13.3. The van der Waals surface area contributed by atoms with Crippen LogP contribution in [0.2, 0.25) is 0 Å². The van der Waals surface area contributed by atoms with Gasteiger partial charge in [0.25, 0.3) is 0 Å². The van der Waals surface area contributed by atoms with E-state index >= 15 is 0 Å². The molecule has 1 N–H and O–H groups in total. The maximum absolute atomic E-state index is 5.91. The summed E-state index contributed by atoms with van der Waals surface area (Å²) < 4.78 is 7.12. The van der Waals surface area contributed by atoms with Gasteiger partial charge in [0.15, 0.2) is 0 Å². The lowest BCUT2D eigenvalue weighted by Gasteiger charge is -2.11. The van der Waals surface area contributed by atoms with Crippen LogP contribution in [0.4, 0.5) is 0 Å². The normalized spacial score (nSPS) is 18.5. The van der Waals surface area contributed by atoms with Gasteiger partial charge in [0, 0.05) is 6.54 Å². The van der Waals surface area contributed by atoms with Gasteiger partial charge in [-0.15, -0.1) is 11.3 Å². The number of nitrogens with zero attached hydrogens (tertiary/aromatic N) is 1. The zero-order valence-corrected chi connectivity index (χ0v) is 12.0. The average Bonchev–Trinajstić information content (AvgIpc) is 2.99. The molecule has 1 unspecified atom stereocenters. The molecular weight excluding hydrogens is 244 g/mol. The van der Waals surface area contributed by atoms with Gasteiger partial charge in [-0.05, 0) is 38.1 Å². The van der Waals surface area contributed by atoms with Crippen molar-refractivity contribution in [3.05, 3.63) is 23.2 Å². The van der Waals surface area contributed by atoms with E-state index in [4.69, 9.17) is 4.74 Å². The van der Waals surface area contributed by atoms with E-state index in [1.807, 2.05) is 32.9 Å². The number of aryl methyl sites for hydroxylation is 1. The second-order valence-corrected chi connectivity index (χ2v) is 5.33. The van der Waals surface area contributed by atoms with E-state index in [1.165, 1.54) is 4.70 Å². The second-order valence-electron chi connectivity index (χ2n) is 4.10. The summed E-state index contributed by atoms with van der Waals surface area (Å²) in [6.07, 6.45) is 1.42. The van der Waals surface area contributed by atoms with Gasteiger partial charge in [-0.3, -0.25) is 0 Å². The molecule has 1 aliphatic heterocycles. The highest BCUT2D eigenvalue weighted by Crippen LogP contribution is 2.26. The first-order chi connectivity index (χ1) is 8.81. The summed E-state index contributed by atoms with van der Waals surface area (Å²) in [7, 11) is 0. The van der Waals surface area contributed by atoms with E-state index in [9.17, 15) is 0 Å². The SMILES string of the molecule is CC.Cc1nc2ccc(OC3CCNC3)cc2s1. The summed E-state index contributed by atoms with van der Waals surface area (Å²) in [6, 6.07) is 6.15. The molecule has 0 radical (unpaired) electrons. The van der Waals surface area contributed by atoms with Gasteiger partial charge in [0.2, 0.25) is 0 Å². The fourth-order valence-electron chi connectivity index (χ4n) is 2.01. The predicted octanol–water partition coefficient (Wildman–Crippen LogP) is 3.37. The van der Waals surface area contributed by atoms with E-state index in [0.29, 0.717) is 6.10 Å². The number of ether oxygens (including phenoxy) is 1. The average molecular weight is 264 g/mol. The molecule has 3 rings (SSSR count). The molecule has 2 aromatic rings. The molecule has 1 aliphatic rings. The first-order valence-electron chi connectivity index (χ1n) is 6.56. The summed E-state index contributed by atoms with van der Waals surface area (Å²) in [4.78, 5) is 4.44. The third kappa shape index (κ3) is 3.00. The monoisotopic (exact) mass is 264 g/mol. The Labute approximate surface area is 112 Å². The Balaban J connectivity index is 0.000000574. The maximum Gasteiger partial charge on any atom is 0.121 e. The standard InChI is InChI=1S/C12H14N2OS.C2H6/c1-8-14-11-3-2-9(6-12(11)16-8)15-10-4-5-13-7-10;1-2/h2-3,6,10,13H,4-5,7H2,1H3;1-2H3. The minimum absolute atomic E-state index is 0.325. The van der Waals surface area contributed by atoms with Crippen LogP contribution in [0.25, 0.3) is 10.2 Å². The highest BCUT2D eigenvalue weighted by molar-refractivity contribution is 7.18. The van der Waals surface area contributed by atoms with Crippen molar-refractivity contribution in [1.82, 2.24) is 10.3 Å². The topological polar surface area (TPSA) is 34.1 Å². The predicted molar refractivity (Wildman–Crippen MR) is 77.6 cm³/mol. The Bertz CT molecular complexity index is 503. The van der Waals surface area contributed by atoms with Crippen molar-refractivity contribution in [2.24, 2.45) is 0 Å². The van der Waals surface area contributed by atoms with Gasteiger partial charge in [-0.2, -0.15) is 0 Å². The van der Waals surface area contributed by atoms with Crippen LogP contribution in [0.3, 0.4) is 0 Å². The van der Waals surface area contributed by atoms with Crippen LogP contribution < -0.4 is 10.1 Å². The van der Waals surface area contributed by atoms with E-state index in [2.05, 4.69) is 16.4 Å². The van der Waals surface area contributed by atoms with Crippen molar-refractivity contribution in [2.45, 2.75) is 33.3 Å². The summed E-state index contributed by atoms with van der Waals surface area (Å²) in [5.41, 5.74) is 1.07. The quantitative estimate of drug-likeness (QED) is 0.903. The number of aromatic nitrogens is 1. The molecule has 18 heavy (non-hydrogen) atoms. The Kier molecular flexibility index (Phi) is 4.55. The molecule has 0 aliphatic carbocycles. The molecule has 1 saturated heterocycles. The Morgan fingerprint density at radius 1 is 1.39 bits per heavy atom. The number of rotatable bonds is 2. The third-order valence-corrected chi connectivity index (χ3v) is 3.72. The molecule has 1 atom stereocenters. The molecule has 0 bridgehead atoms. The lowest BCUT2D eigenvalue weighted by atomic mass is 10.3. The number of benzene rings is 1. The smallest absolute Gasteiger partial charge is 0.121 e. The minimum atomic E-state index is 0.325. The molecule has 0 spiro atoms. The number of hydrogen-bond acceptors (Lipinski definition) is 4. The second kappa shape index (κ2) is 6.16. The minimum Gasteiger partial charge on any atom is -0.489 e. The summed E-state index contributed by atoms with van der Waals surface area (Å²) in [5, 5.41) is 4.41. The van der Waals surface area contributed by atoms with Crippen molar-refractivity contribution >= 4 is 21.6 Å². The summed E-state index contributed by atoms with van der Waals surface area (Å²) in [6.45, 7) is 8.05. The summed E-state index contributed by atoms with van der Waals surface area (Å²) in [5.74, 6) is 0.963. The van der Waals surface area contributed by atoms with Crippen molar-refractivity contribution in [3.8, 4) is 5.75 Å². The highest BCUT2D eigenvalue weighted by atomic mass is 32.1. The Hall–Kier alpha value is -1.13. The number of thiazole rings is 1. The van der Waals surface area contributed by atoms with Gasteiger partial charge in [-0.1, -0.05) is 13.8 Å². The highest BCUT2D eigenvalue weighted by Gasteiger charge is 2.16. The molecular formula is C14H20N2OS. The van der Waals surface area contributed by atoms with Crippen molar-refractivity contribution in [2.75, 3.05) is 13.1 Å². The van der Waals surface area contributed by atoms with Gasteiger partial charge in [0.05, 0.1) is 15.2 Å². The molecule has 0 saturated carbocycles. The zero-order valence-electron chi connectivity index (χ0n) is 11.2. The first-order valence-corrected chi connectivity index (χ1v) is 7.37. The summed E-state index contributed by atoms with van der Waals surface area (Å²) >= 11 is 1.72. The van der Waals surface area contributed by atoms with Crippen LogP contribution in [0.15, 0.2) is 18.2 Å². The molecule has 1 aromatic carbocycles. The number of fused-ring (bicyclic) bond motifs is 1. The number of hydrogen-bond donors (Lipinski definition) is 1. The van der Waals surface area contributed by atoms with Crippen molar-refractivity contribution in [3.63, 3.8) is 0 Å². The van der Waals surface area contributed by atoms with Gasteiger partial charge >= 0.3 is 0 Å². The fraction of sp³-hybridized carbons (Fsp3) is 0.500. The van der Waals surface area contributed by atoms with Crippen LogP contribution in [0.5, 0.6) is 5.75 Å². The van der Waals surface area contributed by atoms with Crippen molar-refractivity contribution in [1.29, 1.82) is 0 Å². The maximum atomic E-state index is 5.91. The van der Waals surface area contributed by atoms with Gasteiger partial charge in [0.1, 0.15) is 11.9 Å². The van der Waals surface area contributed by atoms with Gasteiger partial charge in [-0.25, -0.2) is 4.98 Å². The molecule has 98 valence electrons. The molecule has 1 fully saturated rings. The number of nitrogens with one attached hydrogen (secondary N) is 1. The lowest BCUT2D eigenvalue weighted by molar-refractivity contribution is 0.223. The van der Waals surface area contributed by atoms with Crippen LogP contribution in [0.1, 0.15) is 25.3 Å². The zero-order chi connectivity index (χ0) is 13.0. The molecule has 0 amide bonds. The third-order valence-electron chi connectivity index (χ3n) is 2.78. The molecule has 2 heterocycles. The van der Waals surface area contributed by atoms with Crippen LogP contribution in [-0.2, 0) is 0 Å². The molecule has 3 nitrogen and oxygen atoms in total. The van der Waals surface area contributed by atoms with E-state index < -0.39 is 0 Å². The molecule has 4 heteroatoms. The van der Waals surface area contributed by atoms with Gasteiger partial charge < -0.3 is 10.1 Å². The van der Waals surface area contributed by atoms with E-state index in [0.717, 1.165) is 35.8 Å². The largest absolute Gasteiger partial charge is 0.489 e. The Morgan fingerprint density at radius 3 is 2.94 bits per heavy atom.